The van der Waals surface area contributed by atoms with Crippen molar-refractivity contribution in [1.82, 2.24) is 29.7 Å². The zero-order valence-corrected chi connectivity index (χ0v) is 24.5. The van der Waals surface area contributed by atoms with E-state index in [1.807, 2.05) is 24.3 Å². The summed E-state index contributed by atoms with van der Waals surface area (Å²) in [7, 11) is 1.75. The Morgan fingerprint density at radius 1 is 1.15 bits per heavy atom. The lowest BCUT2D eigenvalue weighted by atomic mass is 9.88. The number of alkyl halides is 1. The first-order valence-electron chi connectivity index (χ1n) is 13.3. The maximum atomic E-state index is 11.7. The molecule has 0 spiro atoms. The van der Waals surface area contributed by atoms with E-state index in [2.05, 4.69) is 37.3 Å². The van der Waals surface area contributed by atoms with Crippen LogP contribution in [0.2, 0.25) is 5.02 Å². The molecule has 10 nitrogen and oxygen atoms in total. The molecule has 1 N–H and O–H groups in total. The lowest BCUT2D eigenvalue weighted by Gasteiger charge is -2.31. The zero-order chi connectivity index (χ0) is 26.9. The molecule has 0 amide bonds. The fraction of sp³-hybridized carbons (Fsp3) is 0.519. The van der Waals surface area contributed by atoms with E-state index in [-0.39, 0.29) is 23.7 Å². The first-order chi connectivity index (χ1) is 19.0. The summed E-state index contributed by atoms with van der Waals surface area (Å²) in [6.07, 6.45) is 6.33. The molecule has 4 aromatic rings. The highest BCUT2D eigenvalue weighted by Crippen LogP contribution is 2.39. The number of nitrogens with zero attached hydrogens (tertiary/aromatic N) is 5. The van der Waals surface area contributed by atoms with Crippen molar-refractivity contribution in [2.75, 3.05) is 20.3 Å². The summed E-state index contributed by atoms with van der Waals surface area (Å²) >= 11 is 8.99. The second-order valence-electron chi connectivity index (χ2n) is 10.3. The number of hydrogen-bond donors (Lipinski definition) is 1. The summed E-state index contributed by atoms with van der Waals surface area (Å²) in [5, 5.41) is 4.43. The van der Waals surface area contributed by atoms with Gasteiger partial charge in [0.25, 0.3) is 0 Å². The molecule has 2 aliphatic rings. The van der Waals surface area contributed by atoms with Crippen molar-refractivity contribution in [3.05, 3.63) is 45.7 Å². The van der Waals surface area contributed by atoms with Gasteiger partial charge in [-0.2, -0.15) is 0 Å². The third kappa shape index (κ3) is 5.63. The Labute approximate surface area is 244 Å². The number of ether oxygens (including phenoxy) is 2. The Hall–Kier alpha value is -2.35. The van der Waals surface area contributed by atoms with E-state index >= 15 is 0 Å². The fourth-order valence-corrected chi connectivity index (χ4v) is 6.72. The lowest BCUT2D eigenvalue weighted by Crippen LogP contribution is -2.27. The molecule has 3 aromatic heterocycles. The highest BCUT2D eigenvalue weighted by Gasteiger charge is 2.33. The van der Waals surface area contributed by atoms with Crippen molar-refractivity contribution in [3.63, 3.8) is 0 Å². The van der Waals surface area contributed by atoms with Crippen LogP contribution < -0.4 is 5.76 Å². The smallest absolute Gasteiger partial charge is 0.381 e. The molecular formula is C27H30ClIN6O4. The van der Waals surface area contributed by atoms with Gasteiger partial charge in [0, 0.05) is 41.4 Å². The summed E-state index contributed by atoms with van der Waals surface area (Å²) in [5.74, 6) is 1.34. The van der Waals surface area contributed by atoms with E-state index in [4.69, 9.17) is 40.5 Å². The van der Waals surface area contributed by atoms with Crippen LogP contribution >= 0.6 is 34.2 Å². The van der Waals surface area contributed by atoms with Crippen LogP contribution in [0.15, 0.2) is 33.6 Å². The minimum Gasteiger partial charge on any atom is -0.381 e. The van der Waals surface area contributed by atoms with Crippen molar-refractivity contribution < 1.29 is 14.0 Å². The van der Waals surface area contributed by atoms with Gasteiger partial charge in [0.2, 0.25) is 11.6 Å². The summed E-state index contributed by atoms with van der Waals surface area (Å²) in [6, 6.07) is 7.57. The molecule has 12 heteroatoms. The monoisotopic (exact) mass is 664 g/mol. The molecule has 39 heavy (non-hydrogen) atoms. The predicted octanol–water partition coefficient (Wildman–Crippen LogP) is 5.60. The maximum Gasteiger partial charge on any atom is 0.439 e. The summed E-state index contributed by atoms with van der Waals surface area (Å²) in [4.78, 5) is 29.0. The molecule has 206 valence electrons. The molecule has 1 atom stereocenters. The van der Waals surface area contributed by atoms with Crippen LogP contribution in [0.3, 0.4) is 0 Å². The largest absolute Gasteiger partial charge is 0.439 e. The minimum atomic E-state index is -0.672. The van der Waals surface area contributed by atoms with Crippen molar-refractivity contribution in [2.24, 2.45) is 11.8 Å². The summed E-state index contributed by atoms with van der Waals surface area (Å²) < 4.78 is 19.5. The van der Waals surface area contributed by atoms with Crippen LogP contribution in [0.4, 0.5) is 0 Å². The topological polar surface area (TPSA) is 121 Å². The Bertz CT molecular complexity index is 1510. The molecule has 4 heterocycles. The molecule has 1 saturated heterocycles. The van der Waals surface area contributed by atoms with E-state index in [0.717, 1.165) is 53.1 Å². The number of halogens is 2. The predicted molar refractivity (Wildman–Crippen MR) is 155 cm³/mol. The van der Waals surface area contributed by atoms with Crippen LogP contribution in [-0.2, 0) is 16.0 Å². The van der Waals surface area contributed by atoms with E-state index < -0.39 is 5.76 Å². The zero-order valence-electron chi connectivity index (χ0n) is 21.6. The number of methoxy groups -OCH3 is 1. The Morgan fingerprint density at radius 2 is 1.95 bits per heavy atom. The molecule has 2 fully saturated rings. The van der Waals surface area contributed by atoms with Crippen LogP contribution in [0.1, 0.15) is 50.5 Å². The van der Waals surface area contributed by atoms with E-state index in [0.29, 0.717) is 35.5 Å². The van der Waals surface area contributed by atoms with Gasteiger partial charge >= 0.3 is 5.76 Å². The second-order valence-corrected chi connectivity index (χ2v) is 12.5. The minimum absolute atomic E-state index is 0.148. The quantitative estimate of drug-likeness (QED) is 0.200. The van der Waals surface area contributed by atoms with Crippen molar-refractivity contribution in [1.29, 1.82) is 0 Å². The number of hydrogen-bond acceptors (Lipinski definition) is 8. The third-order valence-electron chi connectivity index (χ3n) is 7.80. The van der Waals surface area contributed by atoms with Gasteiger partial charge in [-0.15, -0.1) is 0 Å². The van der Waals surface area contributed by atoms with Crippen molar-refractivity contribution >= 4 is 45.4 Å². The van der Waals surface area contributed by atoms with E-state index in [1.165, 1.54) is 12.8 Å². The van der Waals surface area contributed by atoms with Gasteiger partial charge < -0.3 is 14.0 Å². The average molecular weight is 665 g/mol. The SMILES string of the molecule is COC(c1nc2nc(-c3noc(=O)[nH]3)nc(-c3cccc(Cl)c3)c2n1CC1CCC(I)CC1)C1CCOCC1. The normalized spacial score (nSPS) is 21.4. The number of rotatable bonds is 7. The van der Waals surface area contributed by atoms with Gasteiger partial charge in [-0.05, 0) is 62.5 Å². The van der Waals surface area contributed by atoms with Crippen LogP contribution in [0, 0.1) is 11.8 Å². The van der Waals surface area contributed by atoms with Gasteiger partial charge in [0.1, 0.15) is 23.1 Å². The second kappa shape index (κ2) is 11.6. The van der Waals surface area contributed by atoms with Gasteiger partial charge in [-0.3, -0.25) is 9.51 Å². The first-order valence-corrected chi connectivity index (χ1v) is 15.0. The van der Waals surface area contributed by atoms with Crippen LogP contribution in [0.25, 0.3) is 34.1 Å². The fourth-order valence-electron chi connectivity index (χ4n) is 5.81. The number of aromatic amines is 1. The summed E-state index contributed by atoms with van der Waals surface area (Å²) in [6.45, 7) is 2.22. The molecule has 1 aliphatic heterocycles. The number of fused-ring (bicyclic) bond motifs is 1. The number of nitrogens with one attached hydrogen (secondary N) is 1. The first kappa shape index (κ1) is 26.9. The Balaban J connectivity index is 1.57. The summed E-state index contributed by atoms with van der Waals surface area (Å²) in [5.41, 5.74) is 2.84. The molecular weight excluding hydrogens is 635 g/mol. The third-order valence-corrected chi connectivity index (χ3v) is 9.28. The Morgan fingerprint density at radius 3 is 2.64 bits per heavy atom. The lowest BCUT2D eigenvalue weighted by molar-refractivity contribution is -0.0199. The van der Waals surface area contributed by atoms with Crippen molar-refractivity contribution in [2.45, 2.75) is 55.1 Å². The van der Waals surface area contributed by atoms with Crippen LogP contribution in [0.5, 0.6) is 0 Å². The van der Waals surface area contributed by atoms with Crippen molar-refractivity contribution in [3.8, 4) is 22.9 Å². The molecule has 1 aliphatic carbocycles. The number of imidazole rings is 1. The molecule has 0 radical (unpaired) electrons. The van der Waals surface area contributed by atoms with Gasteiger partial charge in [-0.25, -0.2) is 19.7 Å². The molecule has 1 aromatic carbocycles. The Kier molecular flexibility index (Phi) is 8.01. The average Bonchev–Trinajstić information content (AvgIpc) is 3.54. The number of benzene rings is 1. The highest BCUT2D eigenvalue weighted by atomic mass is 127. The highest BCUT2D eigenvalue weighted by molar-refractivity contribution is 14.1. The number of aromatic nitrogens is 6. The van der Waals surface area contributed by atoms with E-state index in [1.54, 1.807) is 7.11 Å². The standard InChI is InChI=1S/C27H30ClIN6O4/c1-37-22(16-9-11-38-12-10-16)26-32-23-21(35(26)14-15-5-7-19(29)8-6-15)20(17-3-2-4-18(28)13-17)30-24(31-23)25-33-27(36)39-34-25/h2-4,13,15-16,19,22H,5-12,14H2,1H3,(H,33,34,36). The molecule has 1 saturated carbocycles. The number of H-pyrrole nitrogens is 1. The van der Waals surface area contributed by atoms with Gasteiger partial charge in [0.05, 0.1) is 0 Å². The van der Waals surface area contributed by atoms with Gasteiger partial charge in [0.15, 0.2) is 5.65 Å². The molecule has 6 rings (SSSR count). The molecule has 0 bridgehead atoms. The van der Waals surface area contributed by atoms with E-state index in [9.17, 15) is 4.79 Å². The van der Waals surface area contributed by atoms with Crippen LogP contribution in [-0.4, -0.2) is 53.9 Å². The van der Waals surface area contributed by atoms with Gasteiger partial charge in [-0.1, -0.05) is 51.5 Å². The maximum absolute atomic E-state index is 11.7. The molecule has 1 unspecified atom stereocenters.